The van der Waals surface area contributed by atoms with Gasteiger partial charge in [0.2, 0.25) is 0 Å². The molecular formula is C28H20S5. The SMILES string of the molecule is CCc1ccc2c(c1)sc1cc(-c3ccc(-c4cc5sc6cc(CC)ccc6c5s4)s3)sc12. The summed E-state index contributed by atoms with van der Waals surface area (Å²) in [6.45, 7) is 4.46. The molecule has 0 aliphatic heterocycles. The summed E-state index contributed by atoms with van der Waals surface area (Å²) < 4.78 is 8.57. The van der Waals surface area contributed by atoms with Crippen LogP contribution in [0.4, 0.5) is 0 Å². The van der Waals surface area contributed by atoms with Gasteiger partial charge in [0.25, 0.3) is 0 Å². The van der Waals surface area contributed by atoms with E-state index in [1.807, 2.05) is 56.7 Å². The quantitative estimate of drug-likeness (QED) is 0.218. The Balaban J connectivity index is 1.26. The highest BCUT2D eigenvalue weighted by atomic mass is 32.1. The lowest BCUT2D eigenvalue weighted by Crippen LogP contribution is -1.76. The Bertz CT molecular complexity index is 1670. The third-order valence-electron chi connectivity index (χ3n) is 6.33. The second kappa shape index (κ2) is 7.76. The summed E-state index contributed by atoms with van der Waals surface area (Å²) >= 11 is 9.70. The Labute approximate surface area is 212 Å². The van der Waals surface area contributed by atoms with Gasteiger partial charge in [-0.1, -0.05) is 38.1 Å². The van der Waals surface area contributed by atoms with E-state index in [1.165, 1.54) is 69.6 Å². The smallest absolute Gasteiger partial charge is 0.0536 e. The molecule has 0 saturated heterocycles. The van der Waals surface area contributed by atoms with Crippen LogP contribution < -0.4 is 0 Å². The van der Waals surface area contributed by atoms with Gasteiger partial charge in [0.1, 0.15) is 0 Å². The van der Waals surface area contributed by atoms with E-state index < -0.39 is 0 Å². The lowest BCUT2D eigenvalue weighted by molar-refractivity contribution is 1.15. The van der Waals surface area contributed by atoms with Crippen LogP contribution in [-0.2, 0) is 12.8 Å². The minimum atomic E-state index is 1.10. The zero-order chi connectivity index (χ0) is 22.1. The van der Waals surface area contributed by atoms with E-state index in [4.69, 9.17) is 0 Å². The van der Waals surface area contributed by atoms with Gasteiger partial charge in [-0.3, -0.25) is 0 Å². The maximum atomic E-state index is 2.40. The topological polar surface area (TPSA) is 0 Å². The normalized spacial score (nSPS) is 12.2. The fourth-order valence-corrected chi connectivity index (χ4v) is 10.8. The van der Waals surface area contributed by atoms with Crippen molar-refractivity contribution < 1.29 is 0 Å². The van der Waals surface area contributed by atoms with Crippen LogP contribution in [-0.4, -0.2) is 0 Å². The molecule has 162 valence electrons. The Morgan fingerprint density at radius 1 is 0.455 bits per heavy atom. The molecule has 0 bridgehead atoms. The number of hydrogen-bond acceptors (Lipinski definition) is 5. The van der Waals surface area contributed by atoms with Crippen LogP contribution >= 0.6 is 56.7 Å². The lowest BCUT2D eigenvalue weighted by atomic mass is 10.1. The van der Waals surface area contributed by atoms with E-state index in [0.29, 0.717) is 0 Å². The Kier molecular flexibility index (Phi) is 4.78. The first kappa shape index (κ1) is 20.4. The fraction of sp³-hybridized carbons (Fsp3) is 0.143. The van der Waals surface area contributed by atoms with Crippen LogP contribution in [0.1, 0.15) is 25.0 Å². The second-order valence-corrected chi connectivity index (χ2v) is 13.7. The van der Waals surface area contributed by atoms with Crippen molar-refractivity contribution in [1.82, 2.24) is 0 Å². The number of aryl methyl sites for hydroxylation is 2. The minimum absolute atomic E-state index is 1.10. The summed E-state index contributed by atoms with van der Waals surface area (Å²) in [5, 5.41) is 2.83. The molecular weight excluding hydrogens is 497 g/mol. The highest BCUT2D eigenvalue weighted by Gasteiger charge is 2.15. The summed E-state index contributed by atoms with van der Waals surface area (Å²) in [5.74, 6) is 0. The standard InChI is InChI=1S/C28H20S5/c1-3-15-5-7-17-21(11-15)30-25-13-23(32-27(17)25)19-9-10-20(29-19)24-14-26-28(33-24)18-8-6-16(4-2)12-22(18)31-26/h5-14H,3-4H2,1-2H3. The molecule has 2 aromatic carbocycles. The zero-order valence-corrected chi connectivity index (χ0v) is 22.3. The van der Waals surface area contributed by atoms with Gasteiger partial charge in [-0.05, 0) is 60.4 Å². The number of thiophene rings is 5. The van der Waals surface area contributed by atoms with Gasteiger partial charge in [-0.25, -0.2) is 0 Å². The molecule has 0 amide bonds. The predicted octanol–water partition coefficient (Wildman–Crippen LogP) is 11.1. The first-order valence-corrected chi connectivity index (χ1v) is 15.3. The average molecular weight is 517 g/mol. The maximum absolute atomic E-state index is 2.40. The highest BCUT2D eigenvalue weighted by Crippen LogP contribution is 2.48. The lowest BCUT2D eigenvalue weighted by Gasteiger charge is -1.96. The van der Waals surface area contributed by atoms with Crippen molar-refractivity contribution in [1.29, 1.82) is 0 Å². The molecule has 5 heteroatoms. The van der Waals surface area contributed by atoms with Gasteiger partial charge in [0.15, 0.2) is 0 Å². The zero-order valence-electron chi connectivity index (χ0n) is 18.2. The van der Waals surface area contributed by atoms with Crippen molar-refractivity contribution in [3.05, 3.63) is 71.8 Å². The van der Waals surface area contributed by atoms with E-state index in [9.17, 15) is 0 Å². The van der Waals surface area contributed by atoms with Crippen molar-refractivity contribution >= 4 is 95.7 Å². The van der Waals surface area contributed by atoms with Gasteiger partial charge >= 0.3 is 0 Å². The number of hydrogen-bond donors (Lipinski definition) is 0. The number of fused-ring (bicyclic) bond motifs is 6. The Morgan fingerprint density at radius 2 is 0.939 bits per heavy atom. The Hall–Kier alpha value is -2.02. The van der Waals surface area contributed by atoms with Crippen LogP contribution in [0.2, 0.25) is 0 Å². The average Bonchev–Trinajstić information content (AvgIpc) is 3.62. The van der Waals surface area contributed by atoms with Crippen LogP contribution in [0, 0.1) is 0 Å². The van der Waals surface area contributed by atoms with E-state index in [-0.39, 0.29) is 0 Å². The molecule has 0 N–H and O–H groups in total. The van der Waals surface area contributed by atoms with E-state index in [0.717, 1.165) is 12.8 Å². The molecule has 0 radical (unpaired) electrons. The molecule has 0 nitrogen and oxygen atoms in total. The predicted molar refractivity (Wildman–Crippen MR) is 155 cm³/mol. The molecule has 0 saturated carbocycles. The summed E-state index contributed by atoms with van der Waals surface area (Å²) in [5.41, 5.74) is 2.85. The molecule has 33 heavy (non-hydrogen) atoms. The number of benzene rings is 2. The summed E-state index contributed by atoms with van der Waals surface area (Å²) in [6, 6.07) is 23.4. The van der Waals surface area contributed by atoms with Crippen LogP contribution in [0.25, 0.3) is 58.5 Å². The molecule has 0 atom stereocenters. The molecule has 5 heterocycles. The molecule has 0 aliphatic carbocycles. The van der Waals surface area contributed by atoms with E-state index in [1.54, 1.807) is 0 Å². The molecule has 5 aromatic heterocycles. The minimum Gasteiger partial charge on any atom is -0.134 e. The molecule has 0 aliphatic rings. The van der Waals surface area contributed by atoms with E-state index >= 15 is 0 Å². The molecule has 7 rings (SSSR count). The third kappa shape index (κ3) is 3.25. The van der Waals surface area contributed by atoms with Crippen LogP contribution in [0.15, 0.2) is 60.7 Å². The van der Waals surface area contributed by atoms with Gasteiger partial charge in [-0.2, -0.15) is 0 Å². The second-order valence-electron chi connectivity index (χ2n) is 8.34. The molecule has 7 aromatic rings. The van der Waals surface area contributed by atoms with Crippen molar-refractivity contribution in [3.8, 4) is 19.5 Å². The summed E-state index contributed by atoms with van der Waals surface area (Å²) in [4.78, 5) is 5.55. The fourth-order valence-electron chi connectivity index (χ4n) is 4.48. The van der Waals surface area contributed by atoms with Crippen molar-refractivity contribution in [3.63, 3.8) is 0 Å². The van der Waals surface area contributed by atoms with Gasteiger partial charge in [-0.15, -0.1) is 56.7 Å². The molecule has 0 unspecified atom stereocenters. The van der Waals surface area contributed by atoms with Crippen molar-refractivity contribution in [2.24, 2.45) is 0 Å². The van der Waals surface area contributed by atoms with E-state index in [2.05, 4.69) is 74.5 Å². The summed E-state index contributed by atoms with van der Waals surface area (Å²) in [7, 11) is 0. The largest absolute Gasteiger partial charge is 0.134 e. The molecule has 0 spiro atoms. The van der Waals surface area contributed by atoms with Crippen molar-refractivity contribution in [2.75, 3.05) is 0 Å². The van der Waals surface area contributed by atoms with Crippen LogP contribution in [0.3, 0.4) is 0 Å². The van der Waals surface area contributed by atoms with Gasteiger partial charge in [0, 0.05) is 49.1 Å². The Morgan fingerprint density at radius 3 is 1.39 bits per heavy atom. The number of rotatable bonds is 4. The first-order chi connectivity index (χ1) is 16.2. The third-order valence-corrected chi connectivity index (χ3v) is 12.6. The van der Waals surface area contributed by atoms with Gasteiger partial charge < -0.3 is 0 Å². The maximum Gasteiger partial charge on any atom is 0.0536 e. The summed E-state index contributed by atoms with van der Waals surface area (Å²) in [6.07, 6.45) is 2.20. The molecule has 0 fully saturated rings. The van der Waals surface area contributed by atoms with Crippen LogP contribution in [0.5, 0.6) is 0 Å². The van der Waals surface area contributed by atoms with Crippen molar-refractivity contribution in [2.45, 2.75) is 26.7 Å². The van der Waals surface area contributed by atoms with Gasteiger partial charge in [0.05, 0.1) is 9.40 Å². The first-order valence-electron chi connectivity index (χ1n) is 11.2. The monoisotopic (exact) mass is 516 g/mol. The highest BCUT2D eigenvalue weighted by molar-refractivity contribution is 7.36.